The summed E-state index contributed by atoms with van der Waals surface area (Å²) in [5.41, 5.74) is 1.37. The van der Waals surface area contributed by atoms with Crippen LogP contribution in [0.2, 0.25) is 5.02 Å². The molecule has 1 aromatic carbocycles. The molecule has 1 saturated heterocycles. The van der Waals surface area contributed by atoms with Crippen molar-refractivity contribution in [3.8, 4) is 17.0 Å². The van der Waals surface area contributed by atoms with Crippen LogP contribution in [0.15, 0.2) is 49.2 Å². The predicted octanol–water partition coefficient (Wildman–Crippen LogP) is 2.84. The molecule has 4 rings (SSSR count). The molecule has 0 saturated carbocycles. The number of rotatable bonds is 9. The molecule has 3 aromatic rings. The van der Waals surface area contributed by atoms with E-state index in [0.717, 1.165) is 16.3 Å². The van der Waals surface area contributed by atoms with Crippen LogP contribution in [0.4, 0.5) is 11.6 Å². The molecular weight excluding hydrogens is 458 g/mol. The van der Waals surface area contributed by atoms with Crippen molar-refractivity contribution < 1.29 is 19.4 Å². The highest BCUT2D eigenvalue weighted by Gasteiger charge is 2.29. The number of aromatic nitrogens is 2. The van der Waals surface area contributed by atoms with E-state index in [9.17, 15) is 9.90 Å². The third-order valence-corrected chi connectivity index (χ3v) is 5.89. The van der Waals surface area contributed by atoms with Gasteiger partial charge in [0, 0.05) is 29.1 Å². The number of fused-ring (bicyclic) bond motifs is 1. The summed E-state index contributed by atoms with van der Waals surface area (Å²) in [6.45, 7) is 4.61. The van der Waals surface area contributed by atoms with E-state index < -0.39 is 0 Å². The van der Waals surface area contributed by atoms with E-state index in [1.807, 2.05) is 24.3 Å². The molecule has 2 aromatic heterocycles. The summed E-state index contributed by atoms with van der Waals surface area (Å²) >= 11 is 6.53. The lowest BCUT2D eigenvalue weighted by molar-refractivity contribution is -0.117. The van der Waals surface area contributed by atoms with Crippen LogP contribution in [0, 0.1) is 0 Å². The number of anilines is 2. The molecule has 1 aliphatic rings. The fraction of sp³-hybridized carbons (Fsp3) is 0.292. The van der Waals surface area contributed by atoms with Gasteiger partial charge in [0.1, 0.15) is 17.4 Å². The van der Waals surface area contributed by atoms with E-state index in [2.05, 4.69) is 27.5 Å². The van der Waals surface area contributed by atoms with Crippen LogP contribution in [0.5, 0.6) is 5.75 Å². The molecule has 1 fully saturated rings. The number of amides is 1. The van der Waals surface area contributed by atoms with Gasteiger partial charge in [-0.05, 0) is 24.3 Å². The highest BCUT2D eigenvalue weighted by molar-refractivity contribution is 6.34. The van der Waals surface area contributed by atoms with Crippen LogP contribution >= 0.6 is 11.6 Å². The maximum atomic E-state index is 11.7. The van der Waals surface area contributed by atoms with E-state index >= 15 is 0 Å². The molecule has 34 heavy (non-hydrogen) atoms. The minimum atomic E-state index is -0.253. The monoisotopic (exact) mass is 483 g/mol. The molecule has 0 spiro atoms. The lowest BCUT2D eigenvalue weighted by Crippen LogP contribution is -2.45. The van der Waals surface area contributed by atoms with Crippen molar-refractivity contribution in [2.24, 2.45) is 0 Å². The molecule has 178 valence electrons. The molecule has 0 radical (unpaired) electrons. The lowest BCUT2D eigenvalue weighted by atomic mass is 10.1. The van der Waals surface area contributed by atoms with Gasteiger partial charge >= 0.3 is 0 Å². The maximum Gasteiger partial charge on any atom is 0.243 e. The van der Waals surface area contributed by atoms with Crippen LogP contribution in [-0.2, 0) is 9.53 Å². The Hall–Kier alpha value is -3.40. The average Bonchev–Trinajstić information content (AvgIpc) is 3.28. The minimum absolute atomic E-state index is 0.0480. The van der Waals surface area contributed by atoms with E-state index in [0.29, 0.717) is 47.9 Å². The van der Waals surface area contributed by atoms with Gasteiger partial charge in [0.2, 0.25) is 5.91 Å². The van der Waals surface area contributed by atoms with Crippen molar-refractivity contribution in [2.45, 2.75) is 12.1 Å². The Morgan fingerprint density at radius 1 is 1.35 bits per heavy atom. The number of methoxy groups -OCH3 is 1. The van der Waals surface area contributed by atoms with Gasteiger partial charge in [-0.15, -0.1) is 0 Å². The molecule has 10 heteroatoms. The van der Waals surface area contributed by atoms with Crippen molar-refractivity contribution in [3.63, 3.8) is 0 Å². The second kappa shape index (κ2) is 10.7. The molecule has 0 aliphatic carbocycles. The number of nitrogens with one attached hydrogen (secondary N) is 3. The molecule has 1 aliphatic heterocycles. The Balaban J connectivity index is 1.69. The zero-order valence-corrected chi connectivity index (χ0v) is 19.4. The molecule has 1 unspecified atom stereocenters. The summed E-state index contributed by atoms with van der Waals surface area (Å²) in [6, 6.07) is 8.94. The van der Waals surface area contributed by atoms with Gasteiger partial charge in [0.15, 0.2) is 0 Å². The van der Waals surface area contributed by atoms with E-state index in [-0.39, 0.29) is 24.6 Å². The van der Waals surface area contributed by atoms with Crippen molar-refractivity contribution in [3.05, 3.63) is 54.2 Å². The first-order chi connectivity index (χ1) is 16.5. The number of aliphatic hydroxyl groups is 1. The fourth-order valence-electron chi connectivity index (χ4n) is 3.81. The zero-order valence-electron chi connectivity index (χ0n) is 18.7. The Morgan fingerprint density at radius 2 is 2.18 bits per heavy atom. The molecule has 0 bridgehead atoms. The van der Waals surface area contributed by atoms with Crippen molar-refractivity contribution in [1.82, 2.24) is 15.3 Å². The van der Waals surface area contributed by atoms with E-state index in [1.165, 1.54) is 6.08 Å². The van der Waals surface area contributed by atoms with Crippen LogP contribution in [-0.4, -0.2) is 66.5 Å². The smallest absolute Gasteiger partial charge is 0.243 e. The average molecular weight is 484 g/mol. The van der Waals surface area contributed by atoms with Gasteiger partial charge in [0.25, 0.3) is 0 Å². The van der Waals surface area contributed by atoms with Crippen molar-refractivity contribution in [2.75, 3.05) is 44.1 Å². The molecule has 4 N–H and O–H groups in total. The summed E-state index contributed by atoms with van der Waals surface area (Å²) in [5, 5.41) is 20.9. The number of hydrogen-bond acceptors (Lipinski definition) is 8. The van der Waals surface area contributed by atoms with Crippen molar-refractivity contribution >= 4 is 39.9 Å². The molecule has 1 amide bonds. The number of carbonyl (C=O) groups excluding carboxylic acids is 1. The Kier molecular flexibility index (Phi) is 7.46. The summed E-state index contributed by atoms with van der Waals surface area (Å²) in [7, 11) is 1.56. The zero-order chi connectivity index (χ0) is 24.1. The van der Waals surface area contributed by atoms with E-state index in [1.54, 1.807) is 19.4 Å². The van der Waals surface area contributed by atoms with Gasteiger partial charge < -0.3 is 30.5 Å². The highest BCUT2D eigenvalue weighted by atomic mass is 35.5. The first-order valence-corrected chi connectivity index (χ1v) is 11.2. The van der Waals surface area contributed by atoms with Crippen molar-refractivity contribution in [1.29, 1.82) is 0 Å². The Morgan fingerprint density at radius 3 is 2.94 bits per heavy atom. The van der Waals surface area contributed by atoms with E-state index in [4.69, 9.17) is 26.1 Å². The number of carbonyl (C=O) groups is 1. The van der Waals surface area contributed by atoms with Crippen LogP contribution < -0.4 is 20.7 Å². The largest absolute Gasteiger partial charge is 0.495 e. The second-order valence-corrected chi connectivity index (χ2v) is 8.10. The minimum Gasteiger partial charge on any atom is -0.495 e. The summed E-state index contributed by atoms with van der Waals surface area (Å²) in [4.78, 5) is 21.0. The normalized spacial score (nSPS) is 17.4. The first-order valence-electron chi connectivity index (χ1n) is 10.8. The van der Waals surface area contributed by atoms with Gasteiger partial charge in [-0.25, -0.2) is 9.97 Å². The summed E-state index contributed by atoms with van der Waals surface area (Å²) in [6.07, 6.45) is 2.98. The van der Waals surface area contributed by atoms with Crippen LogP contribution in [0.25, 0.3) is 22.0 Å². The fourth-order valence-corrected chi connectivity index (χ4v) is 4.11. The first kappa shape index (κ1) is 23.7. The third-order valence-electron chi connectivity index (χ3n) is 5.50. The molecule has 2 atom stereocenters. The standard InChI is InChI=1S/C24H26ClN5O4/c1-3-22(32)29-19-13-34-12-18(19)28-21-10-16-14(11-27-21)9-17(30-24(16)26-7-8-31)15-5-4-6-20(33-2)23(15)25/h3-6,9-11,18-19,31H,1,7-8,12-13H2,2H3,(H,26,30)(H,27,28)(H,29,32)/t18?,19-/m0/s1. The second-order valence-electron chi connectivity index (χ2n) is 7.73. The molecule has 3 heterocycles. The number of benzene rings is 1. The highest BCUT2D eigenvalue weighted by Crippen LogP contribution is 2.37. The van der Waals surface area contributed by atoms with Gasteiger partial charge in [-0.3, -0.25) is 4.79 Å². The predicted molar refractivity (Wildman–Crippen MR) is 132 cm³/mol. The lowest BCUT2D eigenvalue weighted by Gasteiger charge is -2.20. The number of pyridine rings is 2. The van der Waals surface area contributed by atoms with Crippen LogP contribution in [0.3, 0.4) is 0 Å². The topological polar surface area (TPSA) is 118 Å². The SMILES string of the molecule is C=CC(=O)N[C@H]1COCC1Nc1cc2c(NCCO)nc(-c3cccc(OC)c3Cl)cc2cn1. The third kappa shape index (κ3) is 5.06. The van der Waals surface area contributed by atoms with Crippen LogP contribution in [0.1, 0.15) is 0 Å². The molecular formula is C24H26ClN5O4. The number of halogens is 1. The number of ether oxygens (including phenoxy) is 2. The Labute approximate surface area is 202 Å². The summed E-state index contributed by atoms with van der Waals surface area (Å²) in [5.74, 6) is 1.50. The quantitative estimate of drug-likeness (QED) is 0.343. The van der Waals surface area contributed by atoms with Gasteiger partial charge in [0.05, 0.1) is 49.7 Å². The Bertz CT molecular complexity index is 1210. The number of nitrogens with zero attached hydrogens (tertiary/aromatic N) is 2. The number of aliphatic hydroxyl groups excluding tert-OH is 1. The molecule has 9 nitrogen and oxygen atoms in total. The maximum absolute atomic E-state index is 11.7. The number of hydrogen-bond donors (Lipinski definition) is 4. The van der Waals surface area contributed by atoms with Gasteiger partial charge in [-0.1, -0.05) is 30.3 Å². The summed E-state index contributed by atoms with van der Waals surface area (Å²) < 4.78 is 10.9. The van der Waals surface area contributed by atoms with Gasteiger partial charge in [-0.2, -0.15) is 0 Å².